The van der Waals surface area contributed by atoms with Gasteiger partial charge >= 0.3 is 11.9 Å². The van der Waals surface area contributed by atoms with E-state index >= 15 is 0 Å². The Morgan fingerprint density at radius 3 is 2.20 bits per heavy atom. The van der Waals surface area contributed by atoms with Gasteiger partial charge in [-0.3, -0.25) is 0 Å². The molecule has 0 aliphatic rings. The summed E-state index contributed by atoms with van der Waals surface area (Å²) < 4.78 is 0. The zero-order valence-electron chi connectivity index (χ0n) is 10.3. The minimum atomic E-state index is -1.14. The van der Waals surface area contributed by atoms with Gasteiger partial charge in [0, 0.05) is 5.39 Å². The van der Waals surface area contributed by atoms with Crippen molar-refractivity contribution >= 4 is 33.5 Å². The van der Waals surface area contributed by atoms with Crippen LogP contribution < -0.4 is 0 Å². The molecule has 0 heterocycles. The molecule has 98 valence electrons. The van der Waals surface area contributed by atoms with Gasteiger partial charge in [-0.25, -0.2) is 9.59 Å². The molecule has 0 aliphatic carbocycles. The summed E-state index contributed by atoms with van der Waals surface area (Å²) in [4.78, 5) is 22.5. The molecule has 0 saturated heterocycles. The maximum Gasteiger partial charge on any atom is 0.336 e. The Labute approximate surface area is 113 Å². The monoisotopic (exact) mass is 266 g/mol. The van der Waals surface area contributed by atoms with Crippen LogP contribution in [0.3, 0.4) is 0 Å². The Bertz CT molecular complexity index is 865. The van der Waals surface area contributed by atoms with Gasteiger partial charge in [-0.05, 0) is 28.3 Å². The number of hydrogen-bond donors (Lipinski definition) is 2. The smallest absolute Gasteiger partial charge is 0.336 e. The second-order valence-corrected chi connectivity index (χ2v) is 4.52. The quantitative estimate of drug-likeness (QED) is 0.697. The average molecular weight is 266 g/mol. The fourth-order valence-electron chi connectivity index (χ4n) is 2.44. The van der Waals surface area contributed by atoms with Crippen LogP contribution in [0.1, 0.15) is 20.7 Å². The summed E-state index contributed by atoms with van der Waals surface area (Å²) in [5.41, 5.74) is -0.0121. The van der Waals surface area contributed by atoms with Crippen LogP contribution in [0.4, 0.5) is 0 Å². The first-order chi connectivity index (χ1) is 9.58. The second kappa shape index (κ2) is 4.35. The third-order valence-corrected chi connectivity index (χ3v) is 3.32. The number of benzene rings is 3. The van der Waals surface area contributed by atoms with Crippen molar-refractivity contribution in [2.24, 2.45) is 0 Å². The van der Waals surface area contributed by atoms with Crippen LogP contribution in [-0.4, -0.2) is 22.2 Å². The number of carboxylic acids is 2. The van der Waals surface area contributed by atoms with Crippen LogP contribution in [0, 0.1) is 0 Å². The van der Waals surface area contributed by atoms with Crippen molar-refractivity contribution in [3.05, 3.63) is 59.7 Å². The lowest BCUT2D eigenvalue weighted by molar-refractivity contribution is 0.0696. The third-order valence-electron chi connectivity index (χ3n) is 3.32. The maximum atomic E-state index is 11.4. The predicted octanol–water partition coefficient (Wildman–Crippen LogP) is 3.39. The first-order valence-electron chi connectivity index (χ1n) is 6.00. The van der Waals surface area contributed by atoms with Gasteiger partial charge in [0.25, 0.3) is 0 Å². The van der Waals surface area contributed by atoms with E-state index in [0.717, 1.165) is 10.8 Å². The number of carbonyl (C=O) groups is 2. The summed E-state index contributed by atoms with van der Waals surface area (Å²) in [5.74, 6) is -2.27. The van der Waals surface area contributed by atoms with Crippen molar-refractivity contribution in [2.75, 3.05) is 0 Å². The van der Waals surface area contributed by atoms with E-state index in [2.05, 4.69) is 0 Å². The van der Waals surface area contributed by atoms with Crippen LogP contribution in [0.25, 0.3) is 21.5 Å². The minimum absolute atomic E-state index is 0.0108. The highest BCUT2D eigenvalue weighted by molar-refractivity contribution is 6.17. The number of fused-ring (bicyclic) bond motifs is 3. The van der Waals surface area contributed by atoms with E-state index in [0.29, 0.717) is 10.8 Å². The second-order valence-electron chi connectivity index (χ2n) is 4.52. The van der Waals surface area contributed by atoms with Gasteiger partial charge < -0.3 is 10.2 Å². The van der Waals surface area contributed by atoms with Gasteiger partial charge in [-0.2, -0.15) is 0 Å². The third kappa shape index (κ3) is 1.78. The normalized spacial score (nSPS) is 10.8. The number of rotatable bonds is 2. The summed E-state index contributed by atoms with van der Waals surface area (Å²) >= 11 is 0. The molecule has 0 aliphatic heterocycles. The highest BCUT2D eigenvalue weighted by Crippen LogP contribution is 2.29. The van der Waals surface area contributed by atoms with Crippen molar-refractivity contribution in [1.29, 1.82) is 0 Å². The van der Waals surface area contributed by atoms with Crippen molar-refractivity contribution < 1.29 is 19.8 Å². The highest BCUT2D eigenvalue weighted by Gasteiger charge is 2.15. The lowest BCUT2D eigenvalue weighted by Crippen LogP contribution is -2.03. The van der Waals surface area contributed by atoms with E-state index < -0.39 is 11.9 Å². The van der Waals surface area contributed by atoms with Crippen molar-refractivity contribution in [3.63, 3.8) is 0 Å². The van der Waals surface area contributed by atoms with Gasteiger partial charge in [0.1, 0.15) is 0 Å². The van der Waals surface area contributed by atoms with Gasteiger partial charge in [0.05, 0.1) is 11.1 Å². The molecular weight excluding hydrogens is 256 g/mol. The largest absolute Gasteiger partial charge is 0.478 e. The van der Waals surface area contributed by atoms with Gasteiger partial charge in [-0.1, -0.05) is 36.4 Å². The molecule has 20 heavy (non-hydrogen) atoms. The molecule has 3 aromatic rings. The topological polar surface area (TPSA) is 74.6 Å². The Morgan fingerprint density at radius 1 is 0.800 bits per heavy atom. The number of aromatic carboxylic acids is 2. The molecule has 4 nitrogen and oxygen atoms in total. The van der Waals surface area contributed by atoms with Crippen molar-refractivity contribution in [3.8, 4) is 0 Å². The van der Waals surface area contributed by atoms with E-state index in [1.165, 1.54) is 12.1 Å². The van der Waals surface area contributed by atoms with E-state index in [1.54, 1.807) is 6.07 Å². The van der Waals surface area contributed by atoms with Crippen molar-refractivity contribution in [2.45, 2.75) is 0 Å². The molecule has 0 unspecified atom stereocenters. The van der Waals surface area contributed by atoms with Crippen LogP contribution >= 0.6 is 0 Å². The standard InChI is InChI=1S/C16H10O4/c17-15(18)11-7-10-6-5-9-3-1-2-4-12(9)14(10)13(8-11)16(19)20/h1-8H,(H,17,18)(H,19,20). The molecule has 0 spiro atoms. The SMILES string of the molecule is O=C(O)c1cc(C(=O)O)c2c(ccc3ccccc32)c1. The zero-order chi connectivity index (χ0) is 14.3. The number of carboxylic acid groups (broad SMARTS) is 2. The van der Waals surface area contributed by atoms with Crippen LogP contribution in [0.5, 0.6) is 0 Å². The molecule has 0 radical (unpaired) electrons. The van der Waals surface area contributed by atoms with E-state index in [1.807, 2.05) is 30.3 Å². The average Bonchev–Trinajstić information content (AvgIpc) is 2.45. The first-order valence-corrected chi connectivity index (χ1v) is 6.00. The van der Waals surface area contributed by atoms with Crippen molar-refractivity contribution in [1.82, 2.24) is 0 Å². The maximum absolute atomic E-state index is 11.4. The van der Waals surface area contributed by atoms with Gasteiger partial charge in [0.2, 0.25) is 0 Å². The molecule has 4 heteroatoms. The Balaban J connectivity index is 2.54. The zero-order valence-corrected chi connectivity index (χ0v) is 10.3. The van der Waals surface area contributed by atoms with Gasteiger partial charge in [-0.15, -0.1) is 0 Å². The lowest BCUT2D eigenvalue weighted by atomic mass is 9.95. The molecule has 0 fully saturated rings. The van der Waals surface area contributed by atoms with Gasteiger partial charge in [0.15, 0.2) is 0 Å². The fraction of sp³-hybridized carbons (Fsp3) is 0. The molecule has 0 aromatic heterocycles. The minimum Gasteiger partial charge on any atom is -0.478 e. The van der Waals surface area contributed by atoms with E-state index in [4.69, 9.17) is 5.11 Å². The summed E-state index contributed by atoms with van der Waals surface area (Å²) in [6.45, 7) is 0. The molecule has 3 aromatic carbocycles. The first kappa shape index (κ1) is 12.2. The van der Waals surface area contributed by atoms with Crippen LogP contribution in [0.15, 0.2) is 48.5 Å². The molecular formula is C16H10O4. The van der Waals surface area contributed by atoms with E-state index in [9.17, 15) is 14.7 Å². The fourth-order valence-corrected chi connectivity index (χ4v) is 2.44. The predicted molar refractivity (Wildman–Crippen MR) is 75.4 cm³/mol. The molecule has 0 atom stereocenters. The van der Waals surface area contributed by atoms with Crippen LogP contribution in [-0.2, 0) is 0 Å². The summed E-state index contributed by atoms with van der Waals surface area (Å²) in [6.07, 6.45) is 0. The molecule has 0 bridgehead atoms. The van der Waals surface area contributed by atoms with E-state index in [-0.39, 0.29) is 11.1 Å². The summed E-state index contributed by atoms with van der Waals surface area (Å²) in [6, 6.07) is 13.7. The molecule has 0 amide bonds. The molecule has 2 N–H and O–H groups in total. The Kier molecular flexibility index (Phi) is 2.64. The highest BCUT2D eigenvalue weighted by atomic mass is 16.4. The lowest BCUT2D eigenvalue weighted by Gasteiger charge is -2.08. The molecule has 3 rings (SSSR count). The van der Waals surface area contributed by atoms with Crippen LogP contribution in [0.2, 0.25) is 0 Å². The Morgan fingerprint density at radius 2 is 1.50 bits per heavy atom. The summed E-state index contributed by atoms with van der Waals surface area (Å²) in [5, 5.41) is 21.3. The summed E-state index contributed by atoms with van der Waals surface area (Å²) in [7, 11) is 0. The Hall–Kier alpha value is -2.88. The number of hydrogen-bond acceptors (Lipinski definition) is 2. The molecule has 0 saturated carbocycles.